The lowest BCUT2D eigenvalue weighted by atomic mass is 10.1. The Bertz CT molecular complexity index is 707. The minimum absolute atomic E-state index is 0.238. The van der Waals surface area contributed by atoms with E-state index in [2.05, 4.69) is 4.72 Å². The van der Waals surface area contributed by atoms with Crippen LogP contribution in [0.3, 0.4) is 0 Å². The van der Waals surface area contributed by atoms with Gasteiger partial charge in [0.1, 0.15) is 5.82 Å². The monoisotopic (exact) mass is 321 g/mol. The summed E-state index contributed by atoms with van der Waals surface area (Å²) in [6.07, 6.45) is 0.799. The highest BCUT2D eigenvalue weighted by Gasteiger charge is 2.13. The zero-order valence-corrected chi connectivity index (χ0v) is 13.5. The van der Waals surface area contributed by atoms with Crippen molar-refractivity contribution in [3.05, 3.63) is 54.3 Å². The molecule has 0 saturated carbocycles. The van der Waals surface area contributed by atoms with Gasteiger partial charge in [0, 0.05) is 6.54 Å². The molecule has 0 heterocycles. The standard InChI is InChI=1S/C17H20FNO2S/c1-13(2)11-12-19-22(20,21)17-9-5-15(6-10-17)14-3-7-16(18)8-4-14/h3-10,13,19H,11-12H2,1-2H3. The van der Waals surface area contributed by atoms with Crippen molar-refractivity contribution in [2.45, 2.75) is 25.2 Å². The first-order valence-corrected chi connectivity index (χ1v) is 8.72. The van der Waals surface area contributed by atoms with Gasteiger partial charge >= 0.3 is 0 Å². The Morgan fingerprint density at radius 3 is 1.95 bits per heavy atom. The van der Waals surface area contributed by atoms with Gasteiger partial charge in [0.05, 0.1) is 4.90 Å². The number of nitrogens with one attached hydrogen (secondary N) is 1. The Morgan fingerprint density at radius 2 is 1.45 bits per heavy atom. The van der Waals surface area contributed by atoms with E-state index in [1.165, 1.54) is 12.1 Å². The molecule has 0 aliphatic rings. The van der Waals surface area contributed by atoms with E-state index in [4.69, 9.17) is 0 Å². The van der Waals surface area contributed by atoms with Gasteiger partial charge < -0.3 is 0 Å². The molecule has 0 unspecified atom stereocenters. The Hall–Kier alpha value is -1.72. The summed E-state index contributed by atoms with van der Waals surface area (Å²) in [5, 5.41) is 0. The lowest BCUT2D eigenvalue weighted by Crippen LogP contribution is -2.25. The first-order valence-electron chi connectivity index (χ1n) is 7.24. The summed E-state index contributed by atoms with van der Waals surface area (Å²) < 4.78 is 39.8. The molecule has 0 radical (unpaired) electrons. The molecule has 5 heteroatoms. The van der Waals surface area contributed by atoms with Crippen LogP contribution < -0.4 is 4.72 Å². The van der Waals surface area contributed by atoms with Crippen LogP contribution in [0.25, 0.3) is 11.1 Å². The van der Waals surface area contributed by atoms with Crippen molar-refractivity contribution in [2.75, 3.05) is 6.54 Å². The molecule has 0 amide bonds. The SMILES string of the molecule is CC(C)CCNS(=O)(=O)c1ccc(-c2ccc(F)cc2)cc1. The van der Waals surface area contributed by atoms with Gasteiger partial charge in [-0.1, -0.05) is 38.1 Å². The second-order valence-corrected chi connectivity index (χ2v) is 7.38. The number of hydrogen-bond donors (Lipinski definition) is 1. The van der Waals surface area contributed by atoms with Crippen molar-refractivity contribution in [1.29, 1.82) is 0 Å². The molecule has 1 N–H and O–H groups in total. The van der Waals surface area contributed by atoms with E-state index in [0.29, 0.717) is 12.5 Å². The van der Waals surface area contributed by atoms with Gasteiger partial charge in [0.2, 0.25) is 10.0 Å². The largest absolute Gasteiger partial charge is 0.240 e. The highest BCUT2D eigenvalue weighted by Crippen LogP contribution is 2.21. The third-order valence-electron chi connectivity index (χ3n) is 3.36. The third-order valence-corrected chi connectivity index (χ3v) is 4.83. The highest BCUT2D eigenvalue weighted by atomic mass is 32.2. The number of sulfonamides is 1. The van der Waals surface area contributed by atoms with Crippen molar-refractivity contribution in [1.82, 2.24) is 4.72 Å². The van der Waals surface area contributed by atoms with Gasteiger partial charge in [-0.15, -0.1) is 0 Å². The van der Waals surface area contributed by atoms with E-state index < -0.39 is 10.0 Å². The topological polar surface area (TPSA) is 46.2 Å². The first kappa shape index (κ1) is 16.6. The number of halogens is 1. The van der Waals surface area contributed by atoms with Crippen LogP contribution in [-0.4, -0.2) is 15.0 Å². The maximum Gasteiger partial charge on any atom is 0.240 e. The maximum atomic E-state index is 12.9. The average molecular weight is 321 g/mol. The minimum Gasteiger partial charge on any atom is -0.211 e. The molecule has 0 fully saturated rings. The molecule has 2 aromatic carbocycles. The molecule has 0 bridgehead atoms. The smallest absolute Gasteiger partial charge is 0.211 e. The summed E-state index contributed by atoms with van der Waals surface area (Å²) >= 11 is 0. The van der Waals surface area contributed by atoms with Gasteiger partial charge in [-0.05, 0) is 47.7 Å². The predicted molar refractivity (Wildman–Crippen MR) is 86.5 cm³/mol. The molecular formula is C17H20FNO2S. The highest BCUT2D eigenvalue weighted by molar-refractivity contribution is 7.89. The molecule has 0 atom stereocenters. The van der Waals surface area contributed by atoms with Crippen LogP contribution in [-0.2, 0) is 10.0 Å². The fourth-order valence-electron chi connectivity index (χ4n) is 2.03. The molecule has 0 spiro atoms. The van der Waals surface area contributed by atoms with Crippen molar-refractivity contribution in [3.8, 4) is 11.1 Å². The zero-order chi connectivity index (χ0) is 16.2. The molecule has 3 nitrogen and oxygen atoms in total. The fourth-order valence-corrected chi connectivity index (χ4v) is 3.08. The maximum absolute atomic E-state index is 12.9. The van der Waals surface area contributed by atoms with Gasteiger partial charge in [0.25, 0.3) is 0 Å². The summed E-state index contributed by atoms with van der Waals surface area (Å²) in [5.74, 6) is 0.154. The third kappa shape index (κ3) is 4.39. The first-order chi connectivity index (χ1) is 10.4. The van der Waals surface area contributed by atoms with Crippen LogP contribution in [0.5, 0.6) is 0 Å². The Morgan fingerprint density at radius 1 is 0.955 bits per heavy atom. The van der Waals surface area contributed by atoms with Crippen molar-refractivity contribution in [3.63, 3.8) is 0 Å². The average Bonchev–Trinajstić information content (AvgIpc) is 2.47. The second kappa shape index (κ2) is 7.03. The Balaban J connectivity index is 2.12. The lowest BCUT2D eigenvalue weighted by molar-refractivity contribution is 0.551. The van der Waals surface area contributed by atoms with Crippen LogP contribution in [0, 0.1) is 11.7 Å². The second-order valence-electron chi connectivity index (χ2n) is 5.61. The molecule has 0 aliphatic carbocycles. The van der Waals surface area contributed by atoms with Crippen molar-refractivity contribution >= 4 is 10.0 Å². The van der Waals surface area contributed by atoms with Crippen molar-refractivity contribution in [2.24, 2.45) is 5.92 Å². The van der Waals surface area contributed by atoms with E-state index in [9.17, 15) is 12.8 Å². The van der Waals surface area contributed by atoms with Crippen LogP contribution in [0.2, 0.25) is 0 Å². The number of benzene rings is 2. The minimum atomic E-state index is -3.47. The summed E-state index contributed by atoms with van der Waals surface area (Å²) in [6, 6.07) is 12.7. The fraction of sp³-hybridized carbons (Fsp3) is 0.294. The van der Waals surface area contributed by atoms with E-state index in [1.807, 2.05) is 13.8 Å². The van der Waals surface area contributed by atoms with Crippen LogP contribution >= 0.6 is 0 Å². The molecule has 2 aromatic rings. The molecule has 0 saturated heterocycles. The van der Waals surface area contributed by atoms with Gasteiger partial charge in [0.15, 0.2) is 0 Å². The molecule has 0 aliphatic heterocycles. The molecule has 0 aromatic heterocycles. The molecular weight excluding hydrogens is 301 g/mol. The molecule has 22 heavy (non-hydrogen) atoms. The van der Waals surface area contributed by atoms with Crippen molar-refractivity contribution < 1.29 is 12.8 Å². The molecule has 118 valence electrons. The Kier molecular flexibility index (Phi) is 5.32. The summed E-state index contributed by atoms with van der Waals surface area (Å²) in [6.45, 7) is 4.53. The number of rotatable bonds is 6. The summed E-state index contributed by atoms with van der Waals surface area (Å²) in [5.41, 5.74) is 1.69. The van der Waals surface area contributed by atoms with Crippen LogP contribution in [0.1, 0.15) is 20.3 Å². The Labute approximate surface area is 131 Å². The van der Waals surface area contributed by atoms with E-state index in [-0.39, 0.29) is 10.7 Å². The predicted octanol–water partition coefficient (Wildman–Crippen LogP) is 3.82. The van der Waals surface area contributed by atoms with E-state index in [0.717, 1.165) is 17.5 Å². The quantitative estimate of drug-likeness (QED) is 0.879. The van der Waals surface area contributed by atoms with E-state index in [1.54, 1.807) is 36.4 Å². The van der Waals surface area contributed by atoms with Gasteiger partial charge in [-0.25, -0.2) is 17.5 Å². The van der Waals surface area contributed by atoms with Gasteiger partial charge in [-0.2, -0.15) is 0 Å². The van der Waals surface area contributed by atoms with Crippen LogP contribution in [0.15, 0.2) is 53.4 Å². The summed E-state index contributed by atoms with van der Waals surface area (Å²) in [7, 11) is -3.47. The lowest BCUT2D eigenvalue weighted by Gasteiger charge is -2.09. The zero-order valence-electron chi connectivity index (χ0n) is 12.7. The van der Waals surface area contributed by atoms with Crippen LogP contribution in [0.4, 0.5) is 4.39 Å². The normalized spacial score (nSPS) is 11.8. The number of hydrogen-bond acceptors (Lipinski definition) is 2. The summed E-state index contributed by atoms with van der Waals surface area (Å²) in [4.78, 5) is 0.238. The van der Waals surface area contributed by atoms with E-state index >= 15 is 0 Å². The molecule has 2 rings (SSSR count). The van der Waals surface area contributed by atoms with Gasteiger partial charge in [-0.3, -0.25) is 0 Å².